The van der Waals surface area contributed by atoms with E-state index in [1.54, 1.807) is 0 Å². The maximum Gasteiger partial charge on any atom is 0.306 e. The van der Waals surface area contributed by atoms with Crippen LogP contribution in [0.3, 0.4) is 0 Å². The lowest BCUT2D eigenvalue weighted by atomic mass is 10.1. The van der Waals surface area contributed by atoms with Gasteiger partial charge in [0, 0.05) is 19.3 Å². The summed E-state index contributed by atoms with van der Waals surface area (Å²) in [4.78, 5) is 38.2. The van der Waals surface area contributed by atoms with Gasteiger partial charge in [0.05, 0.1) is 0 Å². The van der Waals surface area contributed by atoms with Gasteiger partial charge in [0.2, 0.25) is 0 Å². The molecule has 0 radical (unpaired) electrons. The highest BCUT2D eigenvalue weighted by Gasteiger charge is 2.19. The Kier molecular flexibility index (Phi) is 60.0. The molecule has 436 valence electrons. The van der Waals surface area contributed by atoms with Crippen molar-refractivity contribution in [2.75, 3.05) is 13.2 Å². The summed E-state index contributed by atoms with van der Waals surface area (Å²) in [7, 11) is 0. The Morgan fingerprint density at radius 2 is 0.500 bits per heavy atom. The summed E-state index contributed by atoms with van der Waals surface area (Å²) in [6.07, 6.45) is 95.0. The number of rotatable bonds is 54. The Balaban J connectivity index is 4.41. The number of ether oxygens (including phenoxy) is 3. The zero-order valence-corrected chi connectivity index (χ0v) is 49.9. The first-order valence-electron chi connectivity index (χ1n) is 31.1. The van der Waals surface area contributed by atoms with Gasteiger partial charge in [-0.25, -0.2) is 0 Å². The third kappa shape index (κ3) is 61.6. The highest BCUT2D eigenvalue weighted by atomic mass is 16.6. The van der Waals surface area contributed by atoms with Gasteiger partial charge < -0.3 is 14.2 Å². The van der Waals surface area contributed by atoms with Crippen molar-refractivity contribution >= 4 is 17.9 Å². The average Bonchev–Trinajstić information content (AvgIpc) is 3.44. The molecule has 0 saturated carbocycles. The molecular formula is C72H112O6. The molecule has 6 heteroatoms. The first-order chi connectivity index (χ1) is 38.5. The van der Waals surface area contributed by atoms with Gasteiger partial charge in [-0.3, -0.25) is 14.4 Å². The second-order valence-corrected chi connectivity index (χ2v) is 19.9. The zero-order chi connectivity index (χ0) is 56.4. The van der Waals surface area contributed by atoms with Crippen LogP contribution in [0.5, 0.6) is 0 Å². The minimum atomic E-state index is -0.817. The number of allylic oxidation sites excluding steroid dienone is 28. The van der Waals surface area contributed by atoms with Crippen molar-refractivity contribution in [2.45, 2.75) is 252 Å². The third-order valence-corrected chi connectivity index (χ3v) is 12.5. The van der Waals surface area contributed by atoms with Crippen molar-refractivity contribution in [1.82, 2.24) is 0 Å². The fraction of sp³-hybridized carbons (Fsp3) is 0.569. The predicted molar refractivity (Wildman–Crippen MR) is 338 cm³/mol. The maximum atomic E-state index is 12.9. The predicted octanol–water partition coefficient (Wildman–Crippen LogP) is 21.5. The molecule has 0 rings (SSSR count). The van der Waals surface area contributed by atoms with Crippen LogP contribution >= 0.6 is 0 Å². The van der Waals surface area contributed by atoms with Crippen molar-refractivity contribution < 1.29 is 28.6 Å². The number of hydrogen-bond donors (Lipinski definition) is 0. The van der Waals surface area contributed by atoms with E-state index >= 15 is 0 Å². The average molecular weight is 1070 g/mol. The Morgan fingerprint density at radius 3 is 0.782 bits per heavy atom. The summed E-state index contributed by atoms with van der Waals surface area (Å²) in [6, 6.07) is 0. The fourth-order valence-electron chi connectivity index (χ4n) is 7.87. The number of hydrogen-bond acceptors (Lipinski definition) is 6. The van der Waals surface area contributed by atoms with Gasteiger partial charge in [0.1, 0.15) is 13.2 Å². The van der Waals surface area contributed by atoms with Crippen LogP contribution in [0.15, 0.2) is 170 Å². The Labute approximate surface area is 479 Å². The first kappa shape index (κ1) is 72.8. The highest BCUT2D eigenvalue weighted by molar-refractivity contribution is 5.71. The lowest BCUT2D eigenvalue weighted by Gasteiger charge is -2.18. The van der Waals surface area contributed by atoms with Gasteiger partial charge in [-0.05, 0) is 135 Å². The first-order valence-corrected chi connectivity index (χ1v) is 31.1. The monoisotopic (exact) mass is 1070 g/mol. The van der Waals surface area contributed by atoms with E-state index in [1.165, 1.54) is 44.9 Å². The summed E-state index contributed by atoms with van der Waals surface area (Å²) in [5, 5.41) is 0. The van der Waals surface area contributed by atoms with E-state index in [4.69, 9.17) is 14.2 Å². The van der Waals surface area contributed by atoms with Crippen LogP contribution in [0, 0.1) is 0 Å². The number of esters is 3. The second-order valence-electron chi connectivity index (χ2n) is 19.9. The van der Waals surface area contributed by atoms with E-state index in [-0.39, 0.29) is 37.5 Å². The second kappa shape index (κ2) is 64.3. The zero-order valence-electron chi connectivity index (χ0n) is 49.9. The quantitative estimate of drug-likeness (QED) is 0.0261. The molecule has 1 atom stereocenters. The van der Waals surface area contributed by atoms with Gasteiger partial charge in [0.25, 0.3) is 0 Å². The molecule has 1 unspecified atom stereocenters. The molecule has 0 aromatic rings. The van der Waals surface area contributed by atoms with E-state index in [0.29, 0.717) is 19.3 Å². The number of unbranched alkanes of at least 4 members (excludes halogenated alkanes) is 15. The minimum Gasteiger partial charge on any atom is -0.462 e. The minimum absolute atomic E-state index is 0.108. The molecule has 0 aromatic carbocycles. The lowest BCUT2D eigenvalue weighted by Crippen LogP contribution is -2.30. The smallest absolute Gasteiger partial charge is 0.306 e. The summed E-state index contributed by atoms with van der Waals surface area (Å²) in [6.45, 7) is 6.33. The molecule has 6 nitrogen and oxygen atoms in total. The molecule has 0 bridgehead atoms. The topological polar surface area (TPSA) is 78.9 Å². The molecule has 0 aliphatic carbocycles. The van der Waals surface area contributed by atoms with Crippen LogP contribution in [0.4, 0.5) is 0 Å². The van der Waals surface area contributed by atoms with Crippen molar-refractivity contribution in [1.29, 1.82) is 0 Å². The van der Waals surface area contributed by atoms with E-state index in [0.717, 1.165) is 154 Å². The molecular weight excluding hydrogens is 961 g/mol. The van der Waals surface area contributed by atoms with E-state index in [2.05, 4.69) is 191 Å². The molecule has 78 heavy (non-hydrogen) atoms. The Hall–Kier alpha value is -5.23. The van der Waals surface area contributed by atoms with Gasteiger partial charge in [-0.2, -0.15) is 0 Å². The third-order valence-electron chi connectivity index (χ3n) is 12.5. The van der Waals surface area contributed by atoms with Gasteiger partial charge in [-0.1, -0.05) is 262 Å². The molecule has 0 heterocycles. The normalized spacial score (nSPS) is 13.3. The van der Waals surface area contributed by atoms with Crippen molar-refractivity contribution in [2.24, 2.45) is 0 Å². The number of carbonyl (C=O) groups excluding carboxylic acids is 3. The van der Waals surface area contributed by atoms with E-state index in [1.807, 2.05) is 0 Å². The molecule has 0 fully saturated rings. The Bertz CT molecular complexity index is 1810. The highest BCUT2D eigenvalue weighted by Crippen LogP contribution is 2.13. The standard InChI is InChI=1S/C72H112O6/c1-4-7-10-13-16-19-22-24-26-28-30-31-32-33-34-35-36-37-38-39-40-41-43-44-46-48-50-53-56-59-62-65-71(74)77-68-69(67-76-70(73)64-61-58-55-52-21-18-15-12-9-6-3)78-72(75)66-63-60-57-54-51-49-47-45-42-29-27-25-23-20-17-14-11-8-5-2/h7-8,10-11,16-17,19-20,24-27,30-31,33-34,36-37,39-40,42-45,48-51,69H,4-6,9,12-15,18,21-23,28-29,32,35,38,41,46-47,52-68H2,1-3H3/b10-7-,11-8-,19-16-,20-17-,26-24-,27-25-,31-30-,34-33-,37-36-,40-39-,44-43-,45-42-,50-48-,51-49-. The molecule has 0 amide bonds. The number of carbonyl (C=O) groups is 3. The van der Waals surface area contributed by atoms with Gasteiger partial charge in [0.15, 0.2) is 6.10 Å². The molecule has 0 aliphatic rings. The maximum absolute atomic E-state index is 12.9. The molecule has 0 N–H and O–H groups in total. The lowest BCUT2D eigenvalue weighted by molar-refractivity contribution is -0.167. The summed E-state index contributed by atoms with van der Waals surface area (Å²) < 4.78 is 16.8. The molecule has 0 saturated heterocycles. The summed E-state index contributed by atoms with van der Waals surface area (Å²) in [5.41, 5.74) is 0. The van der Waals surface area contributed by atoms with Crippen molar-refractivity contribution in [3.8, 4) is 0 Å². The van der Waals surface area contributed by atoms with Crippen LogP contribution in [-0.2, 0) is 28.6 Å². The molecule has 0 aliphatic heterocycles. The molecule has 0 spiro atoms. The summed E-state index contributed by atoms with van der Waals surface area (Å²) >= 11 is 0. The largest absolute Gasteiger partial charge is 0.462 e. The van der Waals surface area contributed by atoms with Crippen molar-refractivity contribution in [3.05, 3.63) is 170 Å². The van der Waals surface area contributed by atoms with Gasteiger partial charge in [-0.15, -0.1) is 0 Å². The fourth-order valence-corrected chi connectivity index (χ4v) is 7.87. The van der Waals surface area contributed by atoms with Crippen LogP contribution in [-0.4, -0.2) is 37.2 Å². The van der Waals surface area contributed by atoms with E-state index in [9.17, 15) is 14.4 Å². The van der Waals surface area contributed by atoms with E-state index < -0.39 is 6.10 Å². The van der Waals surface area contributed by atoms with Crippen molar-refractivity contribution in [3.63, 3.8) is 0 Å². The van der Waals surface area contributed by atoms with Gasteiger partial charge >= 0.3 is 17.9 Å². The summed E-state index contributed by atoms with van der Waals surface area (Å²) in [5.74, 6) is -0.984. The SMILES string of the molecule is CC/C=C\C/C=C\C/C=C\C/C=C\C/C=C\C/C=C\C/C=C\C/C=C\C/C=C\CCCCCC(=O)OCC(COC(=O)CCCCCCCCCCCC)OC(=O)CCCCC/C=C\C/C=C\C/C=C\C/C=C\C/C=C\CC. The van der Waals surface area contributed by atoms with Crippen LogP contribution < -0.4 is 0 Å². The van der Waals surface area contributed by atoms with Crippen LogP contribution in [0.2, 0.25) is 0 Å². The Morgan fingerprint density at radius 1 is 0.269 bits per heavy atom. The van der Waals surface area contributed by atoms with Crippen LogP contribution in [0.25, 0.3) is 0 Å². The van der Waals surface area contributed by atoms with Crippen LogP contribution in [0.1, 0.15) is 245 Å². The molecule has 0 aromatic heterocycles.